The van der Waals surface area contributed by atoms with Crippen LogP contribution in [0.2, 0.25) is 0 Å². The zero-order valence-electron chi connectivity index (χ0n) is 14.3. The Labute approximate surface area is 146 Å². The molecule has 2 fully saturated rings. The van der Waals surface area contributed by atoms with Crippen LogP contribution in [0.5, 0.6) is 5.75 Å². The Morgan fingerprint density at radius 2 is 1.76 bits per heavy atom. The number of amides is 3. The number of nitrogens with zero attached hydrogens (tertiary/aromatic N) is 1. The lowest BCUT2D eigenvalue weighted by molar-refractivity contribution is -0.137. The van der Waals surface area contributed by atoms with Gasteiger partial charge in [-0.2, -0.15) is 0 Å². The lowest BCUT2D eigenvalue weighted by Crippen LogP contribution is -2.44. The van der Waals surface area contributed by atoms with E-state index in [1.807, 2.05) is 0 Å². The van der Waals surface area contributed by atoms with Gasteiger partial charge in [-0.05, 0) is 49.9 Å². The molecule has 2 saturated carbocycles. The molecule has 3 rings (SSSR count). The summed E-state index contributed by atoms with van der Waals surface area (Å²) in [6.07, 6.45) is 3.77. The van der Waals surface area contributed by atoms with Crippen molar-refractivity contribution in [3.8, 4) is 5.75 Å². The van der Waals surface area contributed by atoms with E-state index >= 15 is 0 Å². The summed E-state index contributed by atoms with van der Waals surface area (Å²) in [6.45, 7) is -0.0865. The van der Waals surface area contributed by atoms with Gasteiger partial charge in [0.2, 0.25) is 17.7 Å². The Kier molecular flexibility index (Phi) is 5.21. The van der Waals surface area contributed by atoms with Crippen molar-refractivity contribution in [1.82, 2.24) is 10.2 Å². The summed E-state index contributed by atoms with van der Waals surface area (Å²) in [5.41, 5.74) is 0.628. The lowest BCUT2D eigenvalue weighted by atomic mass is 10.3. The van der Waals surface area contributed by atoms with E-state index in [-0.39, 0.29) is 42.8 Å². The maximum atomic E-state index is 12.2. The van der Waals surface area contributed by atoms with Gasteiger partial charge in [-0.1, -0.05) is 0 Å². The van der Waals surface area contributed by atoms with Crippen LogP contribution in [0.15, 0.2) is 24.3 Å². The van der Waals surface area contributed by atoms with Crippen LogP contribution in [0.1, 0.15) is 25.7 Å². The smallest absolute Gasteiger partial charge is 0.243 e. The van der Waals surface area contributed by atoms with E-state index in [1.165, 1.54) is 0 Å². The zero-order chi connectivity index (χ0) is 17.8. The minimum absolute atomic E-state index is 0.0375. The van der Waals surface area contributed by atoms with Gasteiger partial charge >= 0.3 is 0 Å². The van der Waals surface area contributed by atoms with Crippen LogP contribution in [0, 0.1) is 5.92 Å². The number of anilines is 1. The molecular weight excluding hydrogens is 322 g/mol. The Morgan fingerprint density at radius 1 is 1.08 bits per heavy atom. The molecule has 0 aromatic heterocycles. The monoisotopic (exact) mass is 345 g/mol. The minimum atomic E-state index is -0.315. The first-order valence-corrected chi connectivity index (χ1v) is 8.58. The molecule has 1 aromatic carbocycles. The molecule has 0 spiro atoms. The highest BCUT2D eigenvalue weighted by Crippen LogP contribution is 2.35. The average molecular weight is 345 g/mol. The average Bonchev–Trinajstić information content (AvgIpc) is 3.49. The number of hydrogen-bond donors (Lipinski definition) is 2. The zero-order valence-corrected chi connectivity index (χ0v) is 14.3. The fourth-order valence-electron chi connectivity index (χ4n) is 2.61. The van der Waals surface area contributed by atoms with Crippen LogP contribution in [0.25, 0.3) is 0 Å². The van der Waals surface area contributed by atoms with Crippen molar-refractivity contribution < 1.29 is 19.1 Å². The highest BCUT2D eigenvalue weighted by Gasteiger charge is 2.40. The summed E-state index contributed by atoms with van der Waals surface area (Å²) in [5.74, 6) is 0.273. The molecule has 134 valence electrons. The summed E-state index contributed by atoms with van der Waals surface area (Å²) >= 11 is 0. The van der Waals surface area contributed by atoms with Gasteiger partial charge in [-0.25, -0.2) is 0 Å². The largest absolute Gasteiger partial charge is 0.497 e. The summed E-state index contributed by atoms with van der Waals surface area (Å²) in [6, 6.07) is 7.13. The molecule has 25 heavy (non-hydrogen) atoms. The molecule has 2 N–H and O–H groups in total. The Bertz CT molecular complexity index is 651. The van der Waals surface area contributed by atoms with E-state index in [1.54, 1.807) is 36.3 Å². The second kappa shape index (κ2) is 7.55. The second-order valence-corrected chi connectivity index (χ2v) is 6.52. The molecule has 2 aliphatic carbocycles. The number of methoxy groups -OCH3 is 1. The molecule has 3 amide bonds. The lowest BCUT2D eigenvalue weighted by Gasteiger charge is -2.21. The predicted octanol–water partition coefficient (Wildman–Crippen LogP) is 1.15. The van der Waals surface area contributed by atoms with Crippen molar-refractivity contribution in [3.63, 3.8) is 0 Å². The SMILES string of the molecule is COc1ccc(NC(=O)CNC(=O)CN(C(=O)C2CC2)C2CC2)cc1. The summed E-state index contributed by atoms with van der Waals surface area (Å²) in [4.78, 5) is 37.9. The second-order valence-electron chi connectivity index (χ2n) is 6.52. The van der Waals surface area contributed by atoms with E-state index in [0.29, 0.717) is 11.4 Å². The Balaban J connectivity index is 1.42. The van der Waals surface area contributed by atoms with Crippen LogP contribution in [0.3, 0.4) is 0 Å². The van der Waals surface area contributed by atoms with Gasteiger partial charge in [-0.15, -0.1) is 0 Å². The van der Waals surface area contributed by atoms with Crippen molar-refractivity contribution in [1.29, 1.82) is 0 Å². The maximum absolute atomic E-state index is 12.2. The molecule has 0 bridgehead atoms. The van der Waals surface area contributed by atoms with Gasteiger partial charge in [0.05, 0.1) is 20.2 Å². The predicted molar refractivity (Wildman–Crippen MR) is 92.1 cm³/mol. The molecule has 0 unspecified atom stereocenters. The van der Waals surface area contributed by atoms with E-state index in [0.717, 1.165) is 25.7 Å². The number of nitrogens with one attached hydrogen (secondary N) is 2. The first-order chi connectivity index (χ1) is 12.1. The summed E-state index contributed by atoms with van der Waals surface area (Å²) in [5, 5.41) is 5.28. The van der Waals surface area contributed by atoms with E-state index in [4.69, 9.17) is 4.74 Å². The topological polar surface area (TPSA) is 87.7 Å². The number of carbonyl (C=O) groups excluding carboxylic acids is 3. The minimum Gasteiger partial charge on any atom is -0.497 e. The third kappa shape index (κ3) is 4.95. The van der Waals surface area contributed by atoms with Gasteiger partial charge in [0.25, 0.3) is 0 Å². The molecule has 2 aliphatic rings. The molecule has 1 aromatic rings. The third-order valence-electron chi connectivity index (χ3n) is 4.33. The fourth-order valence-corrected chi connectivity index (χ4v) is 2.61. The maximum Gasteiger partial charge on any atom is 0.243 e. The van der Waals surface area contributed by atoms with Gasteiger partial charge in [0.15, 0.2) is 0 Å². The first kappa shape index (κ1) is 17.3. The van der Waals surface area contributed by atoms with Crippen LogP contribution >= 0.6 is 0 Å². The van der Waals surface area contributed by atoms with Crippen LogP contribution < -0.4 is 15.4 Å². The van der Waals surface area contributed by atoms with E-state index in [2.05, 4.69) is 10.6 Å². The molecule has 0 saturated heterocycles. The number of benzene rings is 1. The number of ether oxygens (including phenoxy) is 1. The number of hydrogen-bond acceptors (Lipinski definition) is 4. The van der Waals surface area contributed by atoms with Crippen molar-refractivity contribution in [2.75, 3.05) is 25.5 Å². The van der Waals surface area contributed by atoms with Crippen LogP contribution in [-0.4, -0.2) is 48.9 Å². The van der Waals surface area contributed by atoms with Gasteiger partial charge < -0.3 is 20.3 Å². The molecule has 0 radical (unpaired) electrons. The van der Waals surface area contributed by atoms with Crippen molar-refractivity contribution in [2.24, 2.45) is 5.92 Å². The van der Waals surface area contributed by atoms with Crippen molar-refractivity contribution in [3.05, 3.63) is 24.3 Å². The highest BCUT2D eigenvalue weighted by atomic mass is 16.5. The van der Waals surface area contributed by atoms with E-state index < -0.39 is 0 Å². The Hall–Kier alpha value is -2.57. The van der Waals surface area contributed by atoms with Gasteiger partial charge in [-0.3, -0.25) is 14.4 Å². The molecular formula is C18H23N3O4. The van der Waals surface area contributed by atoms with E-state index in [9.17, 15) is 14.4 Å². The summed E-state index contributed by atoms with van der Waals surface area (Å²) in [7, 11) is 1.57. The quantitative estimate of drug-likeness (QED) is 0.740. The molecule has 0 heterocycles. The van der Waals surface area contributed by atoms with Crippen molar-refractivity contribution >= 4 is 23.4 Å². The van der Waals surface area contributed by atoms with Gasteiger partial charge in [0, 0.05) is 17.6 Å². The molecule has 0 aliphatic heterocycles. The standard InChI is InChI=1S/C18H23N3O4/c1-25-15-8-4-13(5-9-15)20-16(22)10-19-17(23)11-21(14-6-7-14)18(24)12-2-3-12/h4-5,8-9,12,14H,2-3,6-7,10-11H2,1H3,(H,19,23)(H,20,22). The van der Waals surface area contributed by atoms with Crippen molar-refractivity contribution in [2.45, 2.75) is 31.7 Å². The molecule has 0 atom stereocenters. The normalized spacial score (nSPS) is 16.0. The van der Waals surface area contributed by atoms with Crippen LogP contribution in [-0.2, 0) is 14.4 Å². The fraction of sp³-hybridized carbons (Fsp3) is 0.500. The molecule has 7 heteroatoms. The highest BCUT2D eigenvalue weighted by molar-refractivity contribution is 5.95. The van der Waals surface area contributed by atoms with Gasteiger partial charge in [0.1, 0.15) is 5.75 Å². The number of carbonyl (C=O) groups is 3. The summed E-state index contributed by atoms with van der Waals surface area (Å²) < 4.78 is 5.05. The third-order valence-corrected chi connectivity index (χ3v) is 4.33. The first-order valence-electron chi connectivity index (χ1n) is 8.58. The molecule has 7 nitrogen and oxygen atoms in total. The number of rotatable bonds is 8. The Morgan fingerprint density at radius 3 is 2.32 bits per heavy atom. The van der Waals surface area contributed by atoms with Crippen LogP contribution in [0.4, 0.5) is 5.69 Å².